The lowest BCUT2D eigenvalue weighted by atomic mass is 10.1. The summed E-state index contributed by atoms with van der Waals surface area (Å²) < 4.78 is 0. The minimum absolute atomic E-state index is 0.0339. The lowest BCUT2D eigenvalue weighted by Crippen LogP contribution is -2.12. The molecule has 2 aromatic carbocycles. The molecule has 0 bridgehead atoms. The number of anilines is 2. The number of carbonyl (C=O) groups excluding carboxylic acids is 1. The smallest absolute Gasteiger partial charge is 0.259 e. The molecule has 1 amide bonds. The average Bonchev–Trinajstić information content (AvgIpc) is 2.42. The highest BCUT2D eigenvalue weighted by molar-refractivity contribution is 6.06. The molecule has 5 heteroatoms. The predicted molar refractivity (Wildman–Crippen MR) is 83.1 cm³/mol. The van der Waals surface area contributed by atoms with Crippen LogP contribution in [0.4, 0.5) is 11.4 Å². The number of hydrogen-bond donors (Lipinski definition) is 4. The van der Waals surface area contributed by atoms with Gasteiger partial charge in [0, 0.05) is 18.3 Å². The van der Waals surface area contributed by atoms with Gasteiger partial charge in [-0.1, -0.05) is 6.07 Å². The number of hydrogen-bond acceptors (Lipinski definition) is 4. The lowest BCUT2D eigenvalue weighted by molar-refractivity contribution is 0.102. The van der Waals surface area contributed by atoms with Crippen LogP contribution in [0.25, 0.3) is 0 Å². The van der Waals surface area contributed by atoms with Gasteiger partial charge < -0.3 is 20.8 Å². The van der Waals surface area contributed by atoms with Gasteiger partial charge in [-0.25, -0.2) is 0 Å². The van der Waals surface area contributed by atoms with E-state index in [0.717, 1.165) is 17.8 Å². The number of aromatic hydroxyl groups is 2. The summed E-state index contributed by atoms with van der Waals surface area (Å²) in [6.07, 6.45) is 0. The maximum atomic E-state index is 12.1. The number of rotatable bonds is 4. The highest BCUT2D eigenvalue weighted by atomic mass is 16.3. The van der Waals surface area contributed by atoms with Crippen LogP contribution in [0.5, 0.6) is 11.5 Å². The fourth-order valence-electron chi connectivity index (χ4n) is 1.97. The second kappa shape index (κ2) is 6.17. The Morgan fingerprint density at radius 3 is 2.48 bits per heavy atom. The van der Waals surface area contributed by atoms with Crippen molar-refractivity contribution in [2.75, 3.05) is 17.2 Å². The Kier molecular flexibility index (Phi) is 4.33. The topological polar surface area (TPSA) is 81.6 Å². The fraction of sp³-hybridized carbons (Fsp3) is 0.188. The normalized spacial score (nSPS) is 10.2. The molecule has 0 radical (unpaired) electrons. The molecule has 0 heterocycles. The molecule has 0 aromatic heterocycles. The Labute approximate surface area is 123 Å². The maximum Gasteiger partial charge on any atom is 0.259 e. The zero-order chi connectivity index (χ0) is 15.4. The molecule has 0 aliphatic carbocycles. The summed E-state index contributed by atoms with van der Waals surface area (Å²) in [5.74, 6) is -0.594. The molecular formula is C16H18N2O3. The van der Waals surface area contributed by atoms with E-state index in [-0.39, 0.29) is 17.1 Å². The van der Waals surface area contributed by atoms with Gasteiger partial charge >= 0.3 is 0 Å². The van der Waals surface area contributed by atoms with E-state index >= 15 is 0 Å². The number of aryl methyl sites for hydroxylation is 1. The van der Waals surface area contributed by atoms with E-state index in [4.69, 9.17) is 0 Å². The van der Waals surface area contributed by atoms with E-state index in [9.17, 15) is 15.0 Å². The standard InChI is InChI=1S/C16H18N2O3/c1-3-17-11-5-7-13(15(20)9-11)18-16(21)12-6-4-10(2)8-14(12)19/h4-9,17,19-20H,3H2,1-2H3,(H,18,21). The molecule has 0 atom stereocenters. The van der Waals surface area contributed by atoms with Crippen molar-refractivity contribution < 1.29 is 15.0 Å². The first kappa shape index (κ1) is 14.7. The third-order valence-electron chi connectivity index (χ3n) is 3.02. The number of amides is 1. The van der Waals surface area contributed by atoms with E-state index in [1.54, 1.807) is 24.3 Å². The van der Waals surface area contributed by atoms with E-state index < -0.39 is 5.91 Å². The van der Waals surface area contributed by atoms with Crippen LogP contribution in [-0.2, 0) is 0 Å². The van der Waals surface area contributed by atoms with Crippen LogP contribution in [0.3, 0.4) is 0 Å². The fourth-order valence-corrected chi connectivity index (χ4v) is 1.97. The molecule has 0 saturated heterocycles. The van der Waals surface area contributed by atoms with Crippen molar-refractivity contribution in [2.24, 2.45) is 0 Å². The predicted octanol–water partition coefficient (Wildman–Crippen LogP) is 3.09. The van der Waals surface area contributed by atoms with Crippen LogP contribution in [-0.4, -0.2) is 22.7 Å². The molecule has 2 aromatic rings. The summed E-state index contributed by atoms with van der Waals surface area (Å²) in [5.41, 5.74) is 2.09. The Bertz CT molecular complexity index is 669. The Morgan fingerprint density at radius 1 is 1.10 bits per heavy atom. The summed E-state index contributed by atoms with van der Waals surface area (Å²) in [6, 6.07) is 9.70. The van der Waals surface area contributed by atoms with Gasteiger partial charge in [0.1, 0.15) is 11.5 Å². The van der Waals surface area contributed by atoms with Crippen LogP contribution >= 0.6 is 0 Å². The number of carbonyl (C=O) groups is 1. The minimum Gasteiger partial charge on any atom is -0.507 e. The second-order valence-corrected chi connectivity index (χ2v) is 4.74. The summed E-state index contributed by atoms with van der Waals surface area (Å²) in [4.78, 5) is 12.1. The molecular weight excluding hydrogens is 268 g/mol. The molecule has 110 valence electrons. The first-order valence-electron chi connectivity index (χ1n) is 6.69. The molecule has 21 heavy (non-hydrogen) atoms. The van der Waals surface area contributed by atoms with E-state index in [2.05, 4.69) is 10.6 Å². The molecule has 0 unspecified atom stereocenters. The van der Waals surface area contributed by atoms with E-state index in [1.807, 2.05) is 13.8 Å². The highest BCUT2D eigenvalue weighted by Crippen LogP contribution is 2.28. The van der Waals surface area contributed by atoms with Crippen molar-refractivity contribution in [2.45, 2.75) is 13.8 Å². The molecule has 0 aliphatic rings. The van der Waals surface area contributed by atoms with Crippen LogP contribution in [0.2, 0.25) is 0 Å². The minimum atomic E-state index is -0.473. The van der Waals surface area contributed by atoms with Gasteiger partial charge in [0.15, 0.2) is 0 Å². The molecule has 5 nitrogen and oxygen atoms in total. The van der Waals surface area contributed by atoms with Crippen LogP contribution in [0.1, 0.15) is 22.8 Å². The Morgan fingerprint density at radius 2 is 1.86 bits per heavy atom. The first-order chi connectivity index (χ1) is 10.0. The molecule has 0 fully saturated rings. The number of phenols is 2. The van der Waals surface area contributed by atoms with Gasteiger partial charge in [0.05, 0.1) is 11.3 Å². The largest absolute Gasteiger partial charge is 0.507 e. The highest BCUT2D eigenvalue weighted by Gasteiger charge is 2.13. The van der Waals surface area contributed by atoms with Crippen molar-refractivity contribution in [1.29, 1.82) is 0 Å². The molecule has 0 spiro atoms. The number of nitrogens with one attached hydrogen (secondary N) is 2. The Balaban J connectivity index is 2.19. The van der Waals surface area contributed by atoms with Crippen molar-refractivity contribution in [3.8, 4) is 11.5 Å². The van der Waals surface area contributed by atoms with E-state index in [1.165, 1.54) is 12.1 Å². The summed E-state index contributed by atoms with van der Waals surface area (Å²) in [5, 5.41) is 25.3. The van der Waals surface area contributed by atoms with Crippen molar-refractivity contribution in [3.05, 3.63) is 47.5 Å². The third kappa shape index (κ3) is 3.45. The monoisotopic (exact) mass is 286 g/mol. The average molecular weight is 286 g/mol. The van der Waals surface area contributed by atoms with Crippen LogP contribution < -0.4 is 10.6 Å². The first-order valence-corrected chi connectivity index (χ1v) is 6.69. The summed E-state index contributed by atoms with van der Waals surface area (Å²) in [6.45, 7) is 4.52. The van der Waals surface area contributed by atoms with Gasteiger partial charge in [-0.2, -0.15) is 0 Å². The molecule has 0 saturated carbocycles. The van der Waals surface area contributed by atoms with Crippen molar-refractivity contribution >= 4 is 17.3 Å². The summed E-state index contributed by atoms with van der Waals surface area (Å²) >= 11 is 0. The van der Waals surface area contributed by atoms with Crippen LogP contribution in [0, 0.1) is 6.92 Å². The van der Waals surface area contributed by atoms with Gasteiger partial charge in [-0.05, 0) is 43.7 Å². The Hall–Kier alpha value is -2.69. The van der Waals surface area contributed by atoms with E-state index in [0.29, 0.717) is 5.69 Å². The van der Waals surface area contributed by atoms with Crippen LogP contribution in [0.15, 0.2) is 36.4 Å². The lowest BCUT2D eigenvalue weighted by Gasteiger charge is -2.11. The molecule has 2 rings (SSSR count). The number of benzene rings is 2. The van der Waals surface area contributed by atoms with Gasteiger partial charge in [0.2, 0.25) is 0 Å². The van der Waals surface area contributed by atoms with Crippen molar-refractivity contribution in [1.82, 2.24) is 0 Å². The SMILES string of the molecule is CCNc1ccc(NC(=O)c2ccc(C)cc2O)c(O)c1. The quantitative estimate of drug-likeness (QED) is 0.651. The summed E-state index contributed by atoms with van der Waals surface area (Å²) in [7, 11) is 0. The van der Waals surface area contributed by atoms with Gasteiger partial charge in [-0.15, -0.1) is 0 Å². The second-order valence-electron chi connectivity index (χ2n) is 4.74. The zero-order valence-corrected chi connectivity index (χ0v) is 12.0. The van der Waals surface area contributed by atoms with Gasteiger partial charge in [0.25, 0.3) is 5.91 Å². The molecule has 4 N–H and O–H groups in total. The third-order valence-corrected chi connectivity index (χ3v) is 3.02. The number of phenolic OH excluding ortho intramolecular Hbond substituents is 2. The maximum absolute atomic E-state index is 12.1. The van der Waals surface area contributed by atoms with Gasteiger partial charge in [-0.3, -0.25) is 4.79 Å². The zero-order valence-electron chi connectivity index (χ0n) is 12.0. The molecule has 0 aliphatic heterocycles. The van der Waals surface area contributed by atoms with Crippen molar-refractivity contribution in [3.63, 3.8) is 0 Å².